The monoisotopic (exact) mass is 428 g/mol. The second-order valence-corrected chi connectivity index (χ2v) is 7.39. The third-order valence-electron chi connectivity index (χ3n) is 4.82. The Bertz CT molecular complexity index is 1260. The Hall–Kier alpha value is -3.12. The fourth-order valence-corrected chi connectivity index (χ4v) is 3.48. The highest BCUT2D eigenvalue weighted by molar-refractivity contribution is 6.30. The van der Waals surface area contributed by atoms with Gasteiger partial charge in [-0.25, -0.2) is 4.68 Å². The Morgan fingerprint density at radius 1 is 0.867 bits per heavy atom. The summed E-state index contributed by atoms with van der Waals surface area (Å²) in [6.07, 6.45) is -3.99. The van der Waals surface area contributed by atoms with Gasteiger partial charge in [0.1, 0.15) is 0 Å². The predicted octanol–water partition coefficient (Wildman–Crippen LogP) is 5.71. The summed E-state index contributed by atoms with van der Waals surface area (Å²) in [5.74, 6) is 0. The van der Waals surface area contributed by atoms with Crippen molar-refractivity contribution in [3.8, 4) is 0 Å². The third kappa shape index (κ3) is 4.24. The molecule has 0 unspecified atom stereocenters. The molecule has 0 aliphatic carbocycles. The molecule has 4 aromatic rings. The van der Waals surface area contributed by atoms with Gasteiger partial charge >= 0.3 is 6.18 Å². The molecule has 0 amide bonds. The maximum Gasteiger partial charge on any atom is 0.416 e. The van der Waals surface area contributed by atoms with E-state index < -0.39 is 11.7 Å². The largest absolute Gasteiger partial charge is 0.416 e. The van der Waals surface area contributed by atoms with Crippen LogP contribution in [0.25, 0.3) is 10.8 Å². The molecule has 1 heterocycles. The van der Waals surface area contributed by atoms with Gasteiger partial charge < -0.3 is 0 Å². The highest BCUT2D eigenvalue weighted by Gasteiger charge is 2.30. The SMILES string of the molecule is O=c1c2ccccc2c(Cc2ccc(Cl)cc2)nn1Cc1cccc(C(F)(F)F)c1. The molecule has 0 spiro atoms. The Morgan fingerprint density at radius 2 is 1.57 bits per heavy atom. The van der Waals surface area contributed by atoms with E-state index in [9.17, 15) is 18.0 Å². The molecule has 0 saturated carbocycles. The summed E-state index contributed by atoms with van der Waals surface area (Å²) in [5.41, 5.74) is 0.881. The topological polar surface area (TPSA) is 34.9 Å². The van der Waals surface area contributed by atoms with Gasteiger partial charge in [0.05, 0.1) is 23.2 Å². The summed E-state index contributed by atoms with van der Waals surface area (Å²) in [7, 11) is 0. The number of hydrogen-bond donors (Lipinski definition) is 0. The van der Waals surface area contributed by atoms with Crippen LogP contribution in [0.1, 0.15) is 22.4 Å². The minimum atomic E-state index is -4.45. The van der Waals surface area contributed by atoms with Crippen LogP contribution in [-0.2, 0) is 19.1 Å². The molecule has 0 radical (unpaired) electrons. The van der Waals surface area contributed by atoms with Crippen molar-refractivity contribution in [1.29, 1.82) is 0 Å². The molecule has 3 aromatic carbocycles. The normalized spacial score (nSPS) is 11.7. The molecule has 0 atom stereocenters. The van der Waals surface area contributed by atoms with Gasteiger partial charge in [0, 0.05) is 16.8 Å². The number of aromatic nitrogens is 2. The van der Waals surface area contributed by atoms with Crippen molar-refractivity contribution in [1.82, 2.24) is 9.78 Å². The van der Waals surface area contributed by atoms with Gasteiger partial charge in [-0.2, -0.15) is 18.3 Å². The van der Waals surface area contributed by atoms with Gasteiger partial charge in [-0.1, -0.05) is 54.1 Å². The molecular weight excluding hydrogens is 413 g/mol. The lowest BCUT2D eigenvalue weighted by atomic mass is 10.0. The summed E-state index contributed by atoms with van der Waals surface area (Å²) in [6.45, 7) is -0.0544. The number of benzene rings is 3. The van der Waals surface area contributed by atoms with Crippen LogP contribution < -0.4 is 5.56 Å². The van der Waals surface area contributed by atoms with Gasteiger partial charge in [0.2, 0.25) is 0 Å². The van der Waals surface area contributed by atoms with Crippen molar-refractivity contribution in [3.05, 3.63) is 111 Å². The zero-order chi connectivity index (χ0) is 21.3. The average Bonchev–Trinajstić information content (AvgIpc) is 2.73. The first-order valence-electron chi connectivity index (χ1n) is 9.20. The van der Waals surface area contributed by atoms with Crippen LogP contribution in [0, 0.1) is 0 Å². The van der Waals surface area contributed by atoms with Gasteiger partial charge in [-0.05, 0) is 41.5 Å². The lowest BCUT2D eigenvalue weighted by Gasteiger charge is -2.13. The first-order valence-corrected chi connectivity index (χ1v) is 9.58. The minimum absolute atomic E-state index is 0.0544. The van der Waals surface area contributed by atoms with Crippen LogP contribution >= 0.6 is 11.6 Å². The molecule has 0 aliphatic rings. The lowest BCUT2D eigenvalue weighted by molar-refractivity contribution is -0.137. The zero-order valence-electron chi connectivity index (χ0n) is 15.7. The highest BCUT2D eigenvalue weighted by atomic mass is 35.5. The Morgan fingerprint density at radius 3 is 2.27 bits per heavy atom. The molecule has 0 aliphatic heterocycles. The quantitative estimate of drug-likeness (QED) is 0.417. The Kier molecular flexibility index (Phi) is 5.35. The van der Waals surface area contributed by atoms with Crippen molar-refractivity contribution in [3.63, 3.8) is 0 Å². The van der Waals surface area contributed by atoms with Crippen molar-refractivity contribution < 1.29 is 13.2 Å². The molecule has 0 fully saturated rings. The van der Waals surface area contributed by atoms with Crippen LogP contribution in [-0.4, -0.2) is 9.78 Å². The van der Waals surface area contributed by atoms with Gasteiger partial charge in [0.15, 0.2) is 0 Å². The summed E-state index contributed by atoms with van der Waals surface area (Å²) in [6, 6.07) is 19.3. The zero-order valence-corrected chi connectivity index (χ0v) is 16.4. The van der Waals surface area contributed by atoms with E-state index in [1.165, 1.54) is 10.7 Å². The Labute approximate surface area is 175 Å². The van der Waals surface area contributed by atoms with E-state index in [2.05, 4.69) is 5.10 Å². The van der Waals surface area contributed by atoms with E-state index in [0.29, 0.717) is 28.1 Å². The van der Waals surface area contributed by atoms with Crippen LogP contribution in [0.3, 0.4) is 0 Å². The first-order chi connectivity index (χ1) is 14.3. The number of rotatable bonds is 4. The number of hydrogen-bond acceptors (Lipinski definition) is 2. The fourth-order valence-electron chi connectivity index (χ4n) is 3.36. The van der Waals surface area contributed by atoms with Crippen molar-refractivity contribution in [2.75, 3.05) is 0 Å². The van der Waals surface area contributed by atoms with E-state index in [4.69, 9.17) is 11.6 Å². The second kappa shape index (κ2) is 7.95. The van der Waals surface area contributed by atoms with Gasteiger partial charge in [-0.3, -0.25) is 4.79 Å². The third-order valence-corrected chi connectivity index (χ3v) is 5.07. The molecule has 30 heavy (non-hydrogen) atoms. The van der Waals surface area contributed by atoms with Crippen LogP contribution in [0.5, 0.6) is 0 Å². The molecule has 1 aromatic heterocycles. The van der Waals surface area contributed by atoms with Gasteiger partial charge in [0.25, 0.3) is 5.56 Å². The van der Waals surface area contributed by atoms with Crippen molar-refractivity contribution in [2.24, 2.45) is 0 Å². The molecule has 3 nitrogen and oxygen atoms in total. The molecule has 0 N–H and O–H groups in total. The average molecular weight is 429 g/mol. The number of nitrogens with zero attached hydrogens (tertiary/aromatic N) is 2. The summed E-state index contributed by atoms with van der Waals surface area (Å²) >= 11 is 5.95. The molecule has 152 valence electrons. The second-order valence-electron chi connectivity index (χ2n) is 6.96. The fraction of sp³-hybridized carbons (Fsp3) is 0.130. The smallest absolute Gasteiger partial charge is 0.267 e. The van der Waals surface area contributed by atoms with E-state index in [-0.39, 0.29) is 12.1 Å². The summed E-state index contributed by atoms with van der Waals surface area (Å²) in [4.78, 5) is 12.9. The van der Waals surface area contributed by atoms with Crippen molar-refractivity contribution >= 4 is 22.4 Å². The van der Waals surface area contributed by atoms with Crippen LogP contribution in [0.2, 0.25) is 5.02 Å². The minimum Gasteiger partial charge on any atom is -0.267 e. The van der Waals surface area contributed by atoms with Crippen LogP contribution in [0.15, 0.2) is 77.6 Å². The predicted molar refractivity (Wildman–Crippen MR) is 111 cm³/mol. The highest BCUT2D eigenvalue weighted by Crippen LogP contribution is 2.29. The van der Waals surface area contributed by atoms with Crippen LogP contribution in [0.4, 0.5) is 13.2 Å². The maximum absolute atomic E-state index is 13.0. The lowest BCUT2D eigenvalue weighted by Crippen LogP contribution is -2.25. The Balaban J connectivity index is 1.78. The molecule has 4 rings (SSSR count). The number of halogens is 4. The van der Waals surface area contributed by atoms with Crippen molar-refractivity contribution in [2.45, 2.75) is 19.1 Å². The van der Waals surface area contributed by atoms with E-state index >= 15 is 0 Å². The number of fused-ring (bicyclic) bond motifs is 1. The molecular formula is C23H16ClF3N2O. The maximum atomic E-state index is 13.0. The standard InChI is InChI=1S/C23H16ClF3N2O/c24-18-10-8-15(9-11-18)13-21-19-6-1-2-7-20(19)22(30)29(28-21)14-16-4-3-5-17(12-16)23(25,26)27/h1-12H,13-14H2. The summed E-state index contributed by atoms with van der Waals surface area (Å²) < 4.78 is 40.3. The summed E-state index contributed by atoms with van der Waals surface area (Å²) in [5, 5.41) is 6.31. The van der Waals surface area contributed by atoms with E-state index in [1.54, 1.807) is 30.3 Å². The molecule has 0 bridgehead atoms. The number of alkyl halides is 3. The molecule has 7 heteroatoms. The molecule has 0 saturated heterocycles. The van der Waals surface area contributed by atoms with E-state index in [0.717, 1.165) is 23.1 Å². The van der Waals surface area contributed by atoms with E-state index in [1.807, 2.05) is 24.3 Å². The first kappa shape index (κ1) is 20.2. The van der Waals surface area contributed by atoms with Gasteiger partial charge in [-0.15, -0.1) is 0 Å².